The van der Waals surface area contributed by atoms with Gasteiger partial charge in [0.2, 0.25) is 11.5 Å². The quantitative estimate of drug-likeness (QED) is 0.591. The summed E-state index contributed by atoms with van der Waals surface area (Å²) >= 11 is 0. The van der Waals surface area contributed by atoms with E-state index in [1.807, 2.05) is 6.07 Å². The summed E-state index contributed by atoms with van der Waals surface area (Å²) in [7, 11) is 1.74. The smallest absolute Gasteiger partial charge is 0.549 e. The van der Waals surface area contributed by atoms with Gasteiger partial charge in [0.15, 0.2) is 0 Å². The van der Waals surface area contributed by atoms with Crippen molar-refractivity contribution in [1.29, 1.82) is 0 Å². The minimum Gasteiger partial charge on any atom is -0.549 e. The van der Waals surface area contributed by atoms with E-state index in [4.69, 9.17) is 0 Å². The van der Waals surface area contributed by atoms with Gasteiger partial charge in [-0.2, -0.15) is 0 Å². The Morgan fingerprint density at radius 3 is 2.57 bits per heavy atom. The van der Waals surface area contributed by atoms with Crippen molar-refractivity contribution in [2.24, 2.45) is 13.0 Å². The zero-order valence-electron chi connectivity index (χ0n) is 16.1. The summed E-state index contributed by atoms with van der Waals surface area (Å²) in [4.78, 5) is 36.6. The van der Waals surface area contributed by atoms with E-state index in [0.29, 0.717) is 5.56 Å². The second kappa shape index (κ2) is 7.85. The Morgan fingerprint density at radius 2 is 1.89 bits per heavy atom. The molecule has 140 valence electrons. The van der Waals surface area contributed by atoms with Crippen LogP contribution in [0.15, 0.2) is 47.3 Å². The molecule has 6 nitrogen and oxygen atoms in total. The van der Waals surface area contributed by atoms with Gasteiger partial charge in [-0.3, -0.25) is 9.59 Å². The number of fused-ring (bicyclic) bond motifs is 1. The van der Waals surface area contributed by atoms with Gasteiger partial charge < -0.3 is 19.8 Å². The van der Waals surface area contributed by atoms with Crippen LogP contribution in [0, 0.1) is 5.92 Å². The molecule has 4 rings (SSSR count). The Balaban J connectivity index is 0.00000225. The molecule has 1 amide bonds. The van der Waals surface area contributed by atoms with E-state index in [9.17, 15) is 19.5 Å². The van der Waals surface area contributed by atoms with Crippen LogP contribution < -0.4 is 45.5 Å². The largest absolute Gasteiger partial charge is 1.00 e. The number of hydrogen-bond donors (Lipinski definition) is 1. The maximum Gasteiger partial charge on any atom is 1.00 e. The monoisotopic (exact) mass is 388 g/mol. The third-order valence-corrected chi connectivity index (χ3v) is 6.00. The van der Waals surface area contributed by atoms with E-state index in [0.717, 1.165) is 30.5 Å². The predicted molar refractivity (Wildman–Crippen MR) is 96.7 cm³/mol. The van der Waals surface area contributed by atoms with Gasteiger partial charge in [-0.15, -0.1) is 0 Å². The van der Waals surface area contributed by atoms with Crippen molar-refractivity contribution >= 4 is 11.9 Å². The number of nitrogens with one attached hydrogen (secondary N) is 1. The summed E-state index contributed by atoms with van der Waals surface area (Å²) < 4.78 is 1.63. The van der Waals surface area contributed by atoms with Crippen molar-refractivity contribution in [3.8, 4) is 0 Å². The SMILES string of the molecule is Cn1c2c(ccc1=O)C(NC(=O)[C@@H]1C[C@@]1(C(=O)[O-])c1ccccc1)CCC2.[Na+]. The predicted octanol–water partition coefficient (Wildman–Crippen LogP) is -2.41. The molecular formula is C21H21N2NaO4. The minimum absolute atomic E-state index is 0. The molecule has 1 aromatic heterocycles. The Kier molecular flexibility index (Phi) is 5.84. The van der Waals surface area contributed by atoms with E-state index in [1.165, 1.54) is 6.07 Å². The molecule has 2 aromatic rings. The van der Waals surface area contributed by atoms with Gasteiger partial charge in [0, 0.05) is 24.2 Å². The van der Waals surface area contributed by atoms with Crippen LogP contribution in [0.4, 0.5) is 0 Å². The summed E-state index contributed by atoms with van der Waals surface area (Å²) in [5.74, 6) is -2.11. The molecule has 0 aliphatic heterocycles. The molecule has 0 radical (unpaired) electrons. The van der Waals surface area contributed by atoms with Crippen LogP contribution in [0.2, 0.25) is 0 Å². The second-order valence-electron chi connectivity index (χ2n) is 7.47. The summed E-state index contributed by atoms with van der Waals surface area (Å²) in [6.45, 7) is 0. The van der Waals surface area contributed by atoms with Crippen LogP contribution in [-0.2, 0) is 28.5 Å². The molecule has 1 unspecified atom stereocenters. The van der Waals surface area contributed by atoms with Crippen LogP contribution >= 0.6 is 0 Å². The van der Waals surface area contributed by atoms with Crippen molar-refractivity contribution in [2.45, 2.75) is 37.1 Å². The number of rotatable bonds is 4. The molecule has 1 N–H and O–H groups in total. The maximum absolute atomic E-state index is 12.9. The van der Waals surface area contributed by atoms with Crippen LogP contribution in [0.1, 0.15) is 42.1 Å². The van der Waals surface area contributed by atoms with Crippen LogP contribution in [0.3, 0.4) is 0 Å². The fraction of sp³-hybridized carbons (Fsp3) is 0.381. The van der Waals surface area contributed by atoms with Gasteiger partial charge in [-0.1, -0.05) is 30.3 Å². The van der Waals surface area contributed by atoms with E-state index in [2.05, 4.69) is 5.32 Å². The second-order valence-corrected chi connectivity index (χ2v) is 7.47. The molecule has 1 heterocycles. The number of aliphatic carboxylic acids is 1. The van der Waals surface area contributed by atoms with E-state index in [-0.39, 0.29) is 53.5 Å². The fourth-order valence-corrected chi connectivity index (χ4v) is 4.35. The Labute approximate surface area is 185 Å². The van der Waals surface area contributed by atoms with Crippen molar-refractivity contribution in [3.05, 3.63) is 69.6 Å². The molecule has 2 aliphatic rings. The zero-order valence-corrected chi connectivity index (χ0v) is 18.1. The average Bonchev–Trinajstić information content (AvgIpc) is 3.43. The molecule has 0 bridgehead atoms. The van der Waals surface area contributed by atoms with Crippen LogP contribution in [0.5, 0.6) is 0 Å². The molecular weight excluding hydrogens is 367 g/mol. The number of carbonyl (C=O) groups excluding carboxylic acids is 2. The zero-order chi connectivity index (χ0) is 19.2. The third-order valence-electron chi connectivity index (χ3n) is 6.00. The molecule has 0 saturated heterocycles. The first-order valence-corrected chi connectivity index (χ1v) is 9.21. The number of hydrogen-bond acceptors (Lipinski definition) is 4. The number of amides is 1. The number of pyridine rings is 1. The van der Waals surface area contributed by atoms with Crippen LogP contribution in [0.25, 0.3) is 0 Å². The van der Waals surface area contributed by atoms with E-state index >= 15 is 0 Å². The van der Waals surface area contributed by atoms with Crippen molar-refractivity contribution in [1.82, 2.24) is 9.88 Å². The molecule has 2 aliphatic carbocycles. The first-order valence-electron chi connectivity index (χ1n) is 9.21. The van der Waals surface area contributed by atoms with Gasteiger partial charge in [-0.25, -0.2) is 0 Å². The number of nitrogens with zero attached hydrogens (tertiary/aromatic N) is 1. The number of carboxylic acid groups (broad SMARTS) is 1. The van der Waals surface area contributed by atoms with Gasteiger partial charge in [0.25, 0.3) is 0 Å². The molecule has 1 saturated carbocycles. The summed E-state index contributed by atoms with van der Waals surface area (Å²) in [5.41, 5.74) is 1.17. The fourth-order valence-electron chi connectivity index (χ4n) is 4.35. The minimum atomic E-state index is -1.24. The van der Waals surface area contributed by atoms with Gasteiger partial charge in [-0.05, 0) is 42.9 Å². The molecule has 7 heteroatoms. The molecule has 0 spiro atoms. The molecule has 1 fully saturated rings. The van der Waals surface area contributed by atoms with E-state index < -0.39 is 17.3 Å². The summed E-state index contributed by atoms with van der Waals surface area (Å²) in [6, 6.07) is 11.9. The van der Waals surface area contributed by atoms with Gasteiger partial charge in [0.1, 0.15) is 0 Å². The topological polar surface area (TPSA) is 91.2 Å². The first kappa shape index (κ1) is 20.8. The Hall–Kier alpha value is -1.89. The first-order chi connectivity index (χ1) is 12.9. The van der Waals surface area contributed by atoms with Crippen molar-refractivity contribution in [2.75, 3.05) is 0 Å². The maximum atomic E-state index is 12.9. The summed E-state index contributed by atoms with van der Waals surface area (Å²) in [6.07, 6.45) is 2.68. The molecule has 3 atom stereocenters. The Bertz CT molecular complexity index is 972. The molecule has 28 heavy (non-hydrogen) atoms. The standard InChI is InChI=1S/C21H22N2O4.Na/c1-23-17-9-5-8-16(14(17)10-11-18(23)24)22-19(25)15-12-21(15,20(26)27)13-6-3-2-4-7-13;/h2-4,6-7,10-11,15-16H,5,8-9,12H2,1H3,(H,22,25)(H,26,27);/q;+1/p-1/t15-,16?,21+;/m0./s1. The van der Waals surface area contributed by atoms with E-state index in [1.54, 1.807) is 41.9 Å². The third kappa shape index (κ3) is 3.34. The number of carboxylic acids is 1. The van der Waals surface area contributed by atoms with Crippen molar-refractivity contribution in [3.63, 3.8) is 0 Å². The van der Waals surface area contributed by atoms with Crippen LogP contribution in [-0.4, -0.2) is 16.4 Å². The van der Waals surface area contributed by atoms with Crippen molar-refractivity contribution < 1.29 is 44.3 Å². The molecule has 1 aromatic carbocycles. The number of carbonyl (C=O) groups is 2. The van der Waals surface area contributed by atoms with Gasteiger partial charge in [0.05, 0.1) is 17.9 Å². The summed E-state index contributed by atoms with van der Waals surface area (Å²) in [5, 5.41) is 14.9. The number of benzene rings is 1. The average molecular weight is 388 g/mol. The van der Waals surface area contributed by atoms with Gasteiger partial charge >= 0.3 is 29.6 Å². The number of aromatic nitrogens is 1. The Morgan fingerprint density at radius 1 is 1.18 bits per heavy atom. The normalized spacial score (nSPS) is 25.2.